The molecule has 1 aliphatic heterocycles. The SMILES string of the molecule is CC=C(C)C(=O)N1CCC(C)(C(=O)O)C1. The number of amides is 1. The summed E-state index contributed by atoms with van der Waals surface area (Å²) in [7, 11) is 0. The van der Waals surface area contributed by atoms with Crippen LogP contribution >= 0.6 is 0 Å². The van der Waals surface area contributed by atoms with Crippen molar-refractivity contribution in [3.05, 3.63) is 11.6 Å². The molecule has 0 aromatic heterocycles. The van der Waals surface area contributed by atoms with Gasteiger partial charge in [0.2, 0.25) is 5.91 Å². The summed E-state index contributed by atoms with van der Waals surface area (Å²) in [6, 6.07) is 0. The third kappa shape index (κ3) is 2.19. The van der Waals surface area contributed by atoms with Crippen LogP contribution in [-0.2, 0) is 9.59 Å². The zero-order valence-corrected chi connectivity index (χ0v) is 9.41. The van der Waals surface area contributed by atoms with Crippen LogP contribution in [0.3, 0.4) is 0 Å². The van der Waals surface area contributed by atoms with Crippen LogP contribution in [0.5, 0.6) is 0 Å². The van der Waals surface area contributed by atoms with Crippen LogP contribution in [0, 0.1) is 5.41 Å². The van der Waals surface area contributed by atoms with Crippen molar-refractivity contribution in [2.45, 2.75) is 27.2 Å². The van der Waals surface area contributed by atoms with Gasteiger partial charge < -0.3 is 10.0 Å². The molecule has 0 aromatic rings. The number of hydrogen-bond donors (Lipinski definition) is 1. The minimum absolute atomic E-state index is 0.0533. The Balaban J connectivity index is 2.73. The molecule has 0 radical (unpaired) electrons. The van der Waals surface area contributed by atoms with Crippen LogP contribution in [-0.4, -0.2) is 35.0 Å². The highest BCUT2D eigenvalue weighted by Gasteiger charge is 2.42. The number of rotatable bonds is 2. The van der Waals surface area contributed by atoms with Gasteiger partial charge in [0, 0.05) is 18.7 Å². The zero-order valence-electron chi connectivity index (χ0n) is 9.41. The van der Waals surface area contributed by atoms with Crippen LogP contribution in [0.15, 0.2) is 11.6 Å². The molecule has 0 aliphatic carbocycles. The summed E-state index contributed by atoms with van der Waals surface area (Å²) in [6.07, 6.45) is 2.28. The average molecular weight is 211 g/mol. The number of nitrogens with zero attached hydrogens (tertiary/aromatic N) is 1. The summed E-state index contributed by atoms with van der Waals surface area (Å²) in [5.74, 6) is -0.876. The molecule has 1 amide bonds. The molecular formula is C11H17NO3. The van der Waals surface area contributed by atoms with Gasteiger partial charge in [-0.1, -0.05) is 6.08 Å². The van der Waals surface area contributed by atoms with E-state index < -0.39 is 11.4 Å². The third-order valence-corrected chi connectivity index (χ3v) is 3.05. The number of hydrogen-bond acceptors (Lipinski definition) is 2. The second kappa shape index (κ2) is 4.04. The lowest BCUT2D eigenvalue weighted by Crippen LogP contribution is -2.35. The van der Waals surface area contributed by atoms with E-state index in [0.29, 0.717) is 25.1 Å². The molecule has 15 heavy (non-hydrogen) atoms. The molecule has 0 bridgehead atoms. The first-order chi connectivity index (χ1) is 6.90. The van der Waals surface area contributed by atoms with E-state index in [-0.39, 0.29) is 5.91 Å². The Hall–Kier alpha value is -1.32. The van der Waals surface area contributed by atoms with E-state index in [4.69, 9.17) is 5.11 Å². The second-order valence-corrected chi connectivity index (χ2v) is 4.31. The normalized spacial score (nSPS) is 26.9. The van der Waals surface area contributed by atoms with E-state index in [0.717, 1.165) is 0 Å². The fraction of sp³-hybridized carbons (Fsp3) is 0.636. The van der Waals surface area contributed by atoms with Crippen LogP contribution < -0.4 is 0 Å². The highest BCUT2D eigenvalue weighted by Crippen LogP contribution is 2.30. The highest BCUT2D eigenvalue weighted by atomic mass is 16.4. The maximum atomic E-state index is 11.8. The van der Waals surface area contributed by atoms with Crippen molar-refractivity contribution < 1.29 is 14.7 Å². The maximum Gasteiger partial charge on any atom is 0.311 e. The van der Waals surface area contributed by atoms with E-state index in [1.807, 2.05) is 0 Å². The first-order valence-corrected chi connectivity index (χ1v) is 5.06. The van der Waals surface area contributed by atoms with Crippen molar-refractivity contribution >= 4 is 11.9 Å². The number of carboxylic acid groups (broad SMARTS) is 1. The highest BCUT2D eigenvalue weighted by molar-refractivity contribution is 5.93. The number of carbonyl (C=O) groups excluding carboxylic acids is 1. The molecule has 1 unspecified atom stereocenters. The molecule has 1 rings (SSSR count). The monoisotopic (exact) mass is 211 g/mol. The van der Waals surface area contributed by atoms with Gasteiger partial charge in [0.1, 0.15) is 0 Å². The molecule has 1 fully saturated rings. The van der Waals surface area contributed by atoms with Gasteiger partial charge in [0.05, 0.1) is 5.41 Å². The Morgan fingerprint density at radius 3 is 2.47 bits per heavy atom. The lowest BCUT2D eigenvalue weighted by molar-refractivity contribution is -0.147. The van der Waals surface area contributed by atoms with E-state index in [2.05, 4.69) is 0 Å². The molecule has 0 aromatic carbocycles. The standard InChI is InChI=1S/C11H17NO3/c1-4-8(2)9(13)12-6-5-11(3,7-12)10(14)15/h4H,5-7H2,1-3H3,(H,14,15). The van der Waals surface area contributed by atoms with Crippen molar-refractivity contribution in [3.63, 3.8) is 0 Å². The Morgan fingerprint density at radius 1 is 1.47 bits per heavy atom. The van der Waals surface area contributed by atoms with E-state index >= 15 is 0 Å². The topological polar surface area (TPSA) is 57.6 Å². The van der Waals surface area contributed by atoms with Gasteiger partial charge in [-0.2, -0.15) is 0 Å². The Bertz CT molecular complexity index is 322. The zero-order chi connectivity index (χ0) is 11.6. The first kappa shape index (κ1) is 11.8. The summed E-state index contributed by atoms with van der Waals surface area (Å²) in [6.45, 7) is 6.09. The molecule has 0 spiro atoms. The van der Waals surface area contributed by atoms with Crippen molar-refractivity contribution in [1.29, 1.82) is 0 Å². The van der Waals surface area contributed by atoms with Crippen molar-refractivity contribution in [2.24, 2.45) is 5.41 Å². The molecule has 1 heterocycles. The van der Waals surface area contributed by atoms with Gasteiger partial charge in [0.15, 0.2) is 0 Å². The molecule has 4 heteroatoms. The summed E-state index contributed by atoms with van der Waals surface area (Å²) in [5.41, 5.74) is -0.103. The largest absolute Gasteiger partial charge is 0.481 e. The van der Waals surface area contributed by atoms with Crippen molar-refractivity contribution in [2.75, 3.05) is 13.1 Å². The molecule has 1 N–H and O–H groups in total. The molecule has 4 nitrogen and oxygen atoms in total. The summed E-state index contributed by atoms with van der Waals surface area (Å²) >= 11 is 0. The van der Waals surface area contributed by atoms with E-state index in [1.54, 1.807) is 31.7 Å². The second-order valence-electron chi connectivity index (χ2n) is 4.31. The van der Waals surface area contributed by atoms with E-state index in [1.165, 1.54) is 0 Å². The Kier molecular flexibility index (Phi) is 3.17. The van der Waals surface area contributed by atoms with Crippen LogP contribution in [0.2, 0.25) is 0 Å². The smallest absolute Gasteiger partial charge is 0.311 e. The van der Waals surface area contributed by atoms with Crippen molar-refractivity contribution in [1.82, 2.24) is 4.90 Å². The number of likely N-dealkylation sites (tertiary alicyclic amines) is 1. The predicted octanol–water partition coefficient (Wildman–Crippen LogP) is 1.28. The van der Waals surface area contributed by atoms with Gasteiger partial charge in [-0.15, -0.1) is 0 Å². The maximum absolute atomic E-state index is 11.8. The molecule has 1 aliphatic rings. The summed E-state index contributed by atoms with van der Waals surface area (Å²) < 4.78 is 0. The lowest BCUT2D eigenvalue weighted by Gasteiger charge is -2.20. The van der Waals surface area contributed by atoms with Gasteiger partial charge in [-0.25, -0.2) is 0 Å². The van der Waals surface area contributed by atoms with Crippen LogP contribution in [0.4, 0.5) is 0 Å². The Morgan fingerprint density at radius 2 is 2.07 bits per heavy atom. The number of carbonyl (C=O) groups is 2. The lowest BCUT2D eigenvalue weighted by atomic mass is 9.90. The molecule has 1 atom stereocenters. The minimum Gasteiger partial charge on any atom is -0.481 e. The third-order valence-electron chi connectivity index (χ3n) is 3.05. The molecule has 0 saturated carbocycles. The fourth-order valence-corrected chi connectivity index (χ4v) is 1.68. The van der Waals surface area contributed by atoms with Gasteiger partial charge in [0.25, 0.3) is 0 Å². The quantitative estimate of drug-likeness (QED) is 0.700. The fourth-order valence-electron chi connectivity index (χ4n) is 1.68. The molecule has 84 valence electrons. The van der Waals surface area contributed by atoms with Crippen LogP contribution in [0.25, 0.3) is 0 Å². The number of aliphatic carboxylic acids is 1. The van der Waals surface area contributed by atoms with E-state index in [9.17, 15) is 9.59 Å². The first-order valence-electron chi connectivity index (χ1n) is 5.06. The van der Waals surface area contributed by atoms with Gasteiger partial charge in [-0.3, -0.25) is 9.59 Å². The van der Waals surface area contributed by atoms with Crippen LogP contribution in [0.1, 0.15) is 27.2 Å². The summed E-state index contributed by atoms with van der Waals surface area (Å²) in [5, 5.41) is 9.02. The van der Waals surface area contributed by atoms with Gasteiger partial charge >= 0.3 is 5.97 Å². The summed E-state index contributed by atoms with van der Waals surface area (Å²) in [4.78, 5) is 24.3. The number of allylic oxidation sites excluding steroid dienone is 1. The minimum atomic E-state index is -0.823. The number of carboxylic acids is 1. The van der Waals surface area contributed by atoms with Gasteiger partial charge in [-0.05, 0) is 27.2 Å². The molecular weight excluding hydrogens is 194 g/mol. The average Bonchev–Trinajstić information content (AvgIpc) is 2.60. The predicted molar refractivity (Wildman–Crippen MR) is 56.4 cm³/mol. The molecule has 1 saturated heterocycles. The Labute approximate surface area is 89.6 Å². The van der Waals surface area contributed by atoms with Crippen molar-refractivity contribution in [3.8, 4) is 0 Å².